The molecule has 0 radical (unpaired) electrons. The second-order valence-electron chi connectivity index (χ2n) is 6.63. The molecule has 3 rings (SSSR count). The molecule has 2 N–H and O–H groups in total. The van der Waals surface area contributed by atoms with Crippen molar-refractivity contribution in [3.63, 3.8) is 0 Å². The molecule has 1 aromatic carbocycles. The molecule has 2 aromatic heterocycles. The number of hydrogen-bond acceptors (Lipinski definition) is 5. The van der Waals surface area contributed by atoms with Crippen LogP contribution in [0.3, 0.4) is 0 Å². The Morgan fingerprint density at radius 1 is 1.07 bits per heavy atom. The second-order valence-corrected chi connectivity index (χ2v) is 6.63. The van der Waals surface area contributed by atoms with Crippen molar-refractivity contribution in [3.8, 4) is 0 Å². The third kappa shape index (κ3) is 5.22. The molecule has 0 aliphatic carbocycles. The Morgan fingerprint density at radius 3 is 2.59 bits per heavy atom. The molecule has 5 nitrogen and oxygen atoms in total. The molecule has 152 valence electrons. The van der Waals surface area contributed by atoms with Gasteiger partial charge in [0.2, 0.25) is 0 Å². The predicted octanol–water partition coefficient (Wildman–Crippen LogP) is 5.08. The number of alkyl halides is 2. The Kier molecular flexibility index (Phi) is 6.64. The molecule has 1 atom stereocenters. The zero-order chi connectivity index (χ0) is 20.8. The van der Waals surface area contributed by atoms with Crippen molar-refractivity contribution < 1.29 is 13.2 Å². The third-order valence-electron chi connectivity index (χ3n) is 4.47. The Labute approximate surface area is 167 Å². The highest BCUT2D eigenvalue weighted by Gasteiger charge is 2.20. The van der Waals surface area contributed by atoms with E-state index in [2.05, 4.69) is 25.6 Å². The lowest BCUT2D eigenvalue weighted by atomic mass is 10.0. The lowest BCUT2D eigenvalue weighted by molar-refractivity contribution is 0.146. The van der Waals surface area contributed by atoms with Crippen LogP contribution in [0, 0.1) is 12.7 Å². The van der Waals surface area contributed by atoms with Crippen LogP contribution in [0.15, 0.2) is 48.9 Å². The fourth-order valence-corrected chi connectivity index (χ4v) is 2.95. The van der Waals surface area contributed by atoms with E-state index < -0.39 is 23.8 Å². The Morgan fingerprint density at radius 2 is 1.86 bits per heavy atom. The summed E-state index contributed by atoms with van der Waals surface area (Å²) in [5.74, 6) is 0.122. The summed E-state index contributed by atoms with van der Waals surface area (Å²) in [7, 11) is 0. The normalized spacial score (nSPS) is 12.1. The van der Waals surface area contributed by atoms with Gasteiger partial charge in [0.05, 0.1) is 23.5 Å². The molecule has 29 heavy (non-hydrogen) atoms. The molecule has 0 fully saturated rings. The first kappa shape index (κ1) is 20.6. The molecule has 3 aromatic rings. The molecule has 8 heteroatoms. The number of hydrogen-bond donors (Lipinski definition) is 2. The van der Waals surface area contributed by atoms with E-state index in [0.717, 1.165) is 18.1 Å². The first-order valence-electron chi connectivity index (χ1n) is 9.25. The summed E-state index contributed by atoms with van der Waals surface area (Å²) in [6.45, 7) is 4.06. The number of halogens is 3. The van der Waals surface area contributed by atoms with Crippen molar-refractivity contribution in [1.29, 1.82) is 0 Å². The lowest BCUT2D eigenvalue weighted by Gasteiger charge is -2.20. The maximum Gasteiger partial charge on any atom is 0.266 e. The number of rotatable bonds is 8. The molecule has 0 aliphatic heterocycles. The van der Waals surface area contributed by atoms with Crippen molar-refractivity contribution in [1.82, 2.24) is 15.0 Å². The summed E-state index contributed by atoms with van der Waals surface area (Å²) < 4.78 is 40.5. The van der Waals surface area contributed by atoms with Gasteiger partial charge in [0.25, 0.3) is 6.43 Å². The summed E-state index contributed by atoms with van der Waals surface area (Å²) in [6.07, 6.45) is 3.05. The second kappa shape index (κ2) is 9.36. The number of nitrogens with one attached hydrogen (secondary N) is 2. The zero-order valence-electron chi connectivity index (χ0n) is 16.2. The van der Waals surface area contributed by atoms with E-state index in [1.807, 2.05) is 12.1 Å². The highest BCUT2D eigenvalue weighted by atomic mass is 19.3. The van der Waals surface area contributed by atoms with Crippen LogP contribution in [-0.4, -0.2) is 21.5 Å². The molecule has 0 spiro atoms. The Bertz CT molecular complexity index is 950. The highest BCUT2D eigenvalue weighted by molar-refractivity contribution is 5.63. The van der Waals surface area contributed by atoms with Gasteiger partial charge in [-0.3, -0.25) is 4.98 Å². The minimum Gasteiger partial charge on any atom is -0.380 e. The Hall–Kier alpha value is -3.16. The van der Waals surface area contributed by atoms with Crippen molar-refractivity contribution in [2.24, 2.45) is 0 Å². The minimum absolute atomic E-state index is 0.153. The van der Waals surface area contributed by atoms with E-state index in [9.17, 15) is 13.2 Å². The largest absolute Gasteiger partial charge is 0.380 e. The number of aromatic nitrogens is 3. The number of pyridine rings is 1. The molecule has 0 bridgehead atoms. The summed E-state index contributed by atoms with van der Waals surface area (Å²) in [6, 6.07) is 7.30. The minimum atomic E-state index is -2.87. The van der Waals surface area contributed by atoms with E-state index in [1.54, 1.807) is 32.4 Å². The number of anilines is 2. The van der Waals surface area contributed by atoms with E-state index >= 15 is 0 Å². The number of nitrogens with zero attached hydrogens (tertiary/aromatic N) is 3. The third-order valence-corrected chi connectivity index (χ3v) is 4.47. The van der Waals surface area contributed by atoms with Gasteiger partial charge in [-0.15, -0.1) is 0 Å². The molecule has 0 saturated carbocycles. The van der Waals surface area contributed by atoms with Gasteiger partial charge in [-0.2, -0.15) is 0 Å². The quantitative estimate of drug-likeness (QED) is 0.551. The van der Waals surface area contributed by atoms with Gasteiger partial charge in [0.15, 0.2) is 5.82 Å². The van der Waals surface area contributed by atoms with Gasteiger partial charge in [-0.1, -0.05) is 24.3 Å². The van der Waals surface area contributed by atoms with Crippen LogP contribution < -0.4 is 10.6 Å². The monoisotopic (exact) mass is 401 g/mol. The van der Waals surface area contributed by atoms with Crippen LogP contribution in [0.5, 0.6) is 0 Å². The smallest absolute Gasteiger partial charge is 0.266 e. The lowest BCUT2D eigenvalue weighted by Crippen LogP contribution is -2.15. The van der Waals surface area contributed by atoms with Crippen LogP contribution in [-0.2, 0) is 6.42 Å². The first-order chi connectivity index (χ1) is 14.0. The van der Waals surface area contributed by atoms with Gasteiger partial charge in [-0.05, 0) is 31.9 Å². The topological polar surface area (TPSA) is 62.7 Å². The standard InChI is InChI=1S/C21H22F3N5/c1-13(16-6-3-7-17(19(16)22)20(23)24)28-21-18(12-27-14(2)29-21)26-10-8-15-5-4-9-25-11-15/h3-7,9,11-13,20,26H,8,10H2,1-2H3,(H,27,28,29)/t13-/m1/s1. The Balaban J connectivity index is 1.75. The molecule has 0 unspecified atom stereocenters. The molecule has 0 aliphatic rings. The average molecular weight is 401 g/mol. The van der Waals surface area contributed by atoms with Crippen molar-refractivity contribution >= 4 is 11.5 Å². The molecular formula is C21H22F3N5. The van der Waals surface area contributed by atoms with Crippen molar-refractivity contribution in [2.75, 3.05) is 17.2 Å². The van der Waals surface area contributed by atoms with Crippen LogP contribution >= 0.6 is 0 Å². The van der Waals surface area contributed by atoms with Gasteiger partial charge in [0, 0.05) is 24.5 Å². The van der Waals surface area contributed by atoms with Gasteiger partial charge < -0.3 is 10.6 Å². The summed E-state index contributed by atoms with van der Waals surface area (Å²) in [5, 5.41) is 6.37. The molecule has 2 heterocycles. The van der Waals surface area contributed by atoms with Crippen molar-refractivity contribution in [2.45, 2.75) is 32.7 Å². The van der Waals surface area contributed by atoms with E-state index in [-0.39, 0.29) is 5.56 Å². The fourth-order valence-electron chi connectivity index (χ4n) is 2.95. The highest BCUT2D eigenvalue weighted by Crippen LogP contribution is 2.30. The van der Waals surface area contributed by atoms with Gasteiger partial charge in [0.1, 0.15) is 11.6 Å². The van der Waals surface area contributed by atoms with E-state index in [1.165, 1.54) is 12.1 Å². The van der Waals surface area contributed by atoms with Crippen LogP contribution in [0.25, 0.3) is 0 Å². The number of aryl methyl sites for hydroxylation is 1. The maximum absolute atomic E-state index is 14.5. The summed E-state index contributed by atoms with van der Waals surface area (Å²) in [4.78, 5) is 12.7. The number of benzene rings is 1. The van der Waals surface area contributed by atoms with Crippen molar-refractivity contribution in [3.05, 3.63) is 77.3 Å². The SMILES string of the molecule is Cc1ncc(NCCc2cccnc2)c(N[C@H](C)c2cccc(C(F)F)c2F)n1. The molecular weight excluding hydrogens is 379 g/mol. The van der Waals surface area contributed by atoms with Crippen LogP contribution in [0.2, 0.25) is 0 Å². The zero-order valence-corrected chi connectivity index (χ0v) is 16.2. The summed E-state index contributed by atoms with van der Waals surface area (Å²) >= 11 is 0. The predicted molar refractivity (Wildman–Crippen MR) is 107 cm³/mol. The van der Waals surface area contributed by atoms with Crippen LogP contribution in [0.4, 0.5) is 24.7 Å². The maximum atomic E-state index is 14.5. The van der Waals surface area contributed by atoms with Gasteiger partial charge in [-0.25, -0.2) is 23.1 Å². The molecule has 0 saturated heterocycles. The van der Waals surface area contributed by atoms with E-state index in [0.29, 0.717) is 23.9 Å². The van der Waals surface area contributed by atoms with Crippen LogP contribution in [0.1, 0.15) is 41.9 Å². The first-order valence-corrected chi connectivity index (χ1v) is 9.25. The fraction of sp³-hybridized carbons (Fsp3) is 0.286. The molecule has 0 amide bonds. The summed E-state index contributed by atoms with van der Waals surface area (Å²) in [5.41, 5.74) is 1.28. The van der Waals surface area contributed by atoms with E-state index in [4.69, 9.17) is 0 Å². The van der Waals surface area contributed by atoms with Gasteiger partial charge >= 0.3 is 0 Å². The average Bonchev–Trinajstić information content (AvgIpc) is 2.70.